The van der Waals surface area contributed by atoms with Crippen molar-refractivity contribution in [1.82, 2.24) is 13.9 Å². The third kappa shape index (κ3) is 6.10. The first-order valence-electron chi connectivity index (χ1n) is 8.00. The Balaban J connectivity index is 2.58. The molecule has 1 fully saturated rings. The second kappa shape index (κ2) is 10.5. The van der Waals surface area contributed by atoms with Gasteiger partial charge in [0.1, 0.15) is 0 Å². The van der Waals surface area contributed by atoms with E-state index in [0.717, 1.165) is 25.9 Å². The average molecular weight is 337 g/mol. The van der Waals surface area contributed by atoms with Crippen LogP contribution in [0.25, 0.3) is 0 Å². The van der Waals surface area contributed by atoms with Crippen LogP contribution in [0.3, 0.4) is 0 Å². The van der Waals surface area contributed by atoms with Crippen molar-refractivity contribution >= 4 is 10.2 Å². The zero-order valence-corrected chi connectivity index (χ0v) is 14.9. The predicted octanol–water partition coefficient (Wildman–Crippen LogP) is 0.148. The average Bonchev–Trinajstić information content (AvgIpc) is 2.53. The zero-order valence-electron chi connectivity index (χ0n) is 14.1. The molecule has 132 valence electrons. The summed E-state index contributed by atoms with van der Waals surface area (Å²) in [6.07, 6.45) is 1.82. The summed E-state index contributed by atoms with van der Waals surface area (Å²) in [5.74, 6) is 0.567. The van der Waals surface area contributed by atoms with E-state index < -0.39 is 10.2 Å². The summed E-state index contributed by atoms with van der Waals surface area (Å²) >= 11 is 0. The molecular weight excluding hydrogens is 306 g/mol. The van der Waals surface area contributed by atoms with E-state index in [1.54, 1.807) is 18.5 Å². The highest BCUT2D eigenvalue weighted by molar-refractivity contribution is 7.86. The molecule has 1 aliphatic rings. The molecule has 0 atom stereocenters. The molecule has 22 heavy (non-hydrogen) atoms. The lowest BCUT2D eigenvalue weighted by atomic mass is 9.98. The lowest BCUT2D eigenvalue weighted by molar-refractivity contribution is 0.144. The number of hydrogen-bond donors (Lipinski definition) is 1. The summed E-state index contributed by atoms with van der Waals surface area (Å²) in [4.78, 5) is 0. The maximum Gasteiger partial charge on any atom is 0.282 e. The number of hydrogen-bond acceptors (Lipinski definition) is 5. The molecule has 1 heterocycles. The maximum atomic E-state index is 12.7. The van der Waals surface area contributed by atoms with E-state index in [1.165, 1.54) is 4.31 Å². The standard InChI is InChI=1S/C14H31N3O4S/c1-4-15-13-14-5-7-16(8-6-14)22(18,19)17(9-11-20-2)10-12-21-3/h14-15H,4-13H2,1-3H3. The van der Waals surface area contributed by atoms with Crippen molar-refractivity contribution in [1.29, 1.82) is 0 Å². The van der Waals surface area contributed by atoms with Crippen LogP contribution in [0, 0.1) is 5.92 Å². The number of nitrogens with one attached hydrogen (secondary N) is 1. The first-order valence-corrected chi connectivity index (χ1v) is 9.39. The highest BCUT2D eigenvalue weighted by atomic mass is 32.2. The van der Waals surface area contributed by atoms with Gasteiger partial charge in [-0.3, -0.25) is 0 Å². The van der Waals surface area contributed by atoms with Crippen LogP contribution < -0.4 is 5.32 Å². The van der Waals surface area contributed by atoms with Crippen molar-refractivity contribution in [2.24, 2.45) is 5.92 Å². The molecule has 1 saturated heterocycles. The molecular formula is C14H31N3O4S. The lowest BCUT2D eigenvalue weighted by Crippen LogP contribution is -2.49. The van der Waals surface area contributed by atoms with Crippen LogP contribution in [0.2, 0.25) is 0 Å². The van der Waals surface area contributed by atoms with Crippen LogP contribution >= 0.6 is 0 Å². The summed E-state index contributed by atoms with van der Waals surface area (Å²) < 4.78 is 38.6. The Kier molecular flexibility index (Phi) is 9.46. The number of nitrogens with zero attached hydrogens (tertiary/aromatic N) is 2. The number of piperidine rings is 1. The molecule has 0 amide bonds. The molecule has 0 aromatic heterocycles. The molecule has 1 aliphatic heterocycles. The van der Waals surface area contributed by atoms with E-state index in [9.17, 15) is 8.42 Å². The Hall–Kier alpha value is -0.250. The van der Waals surface area contributed by atoms with Gasteiger partial charge >= 0.3 is 0 Å². The first kappa shape index (κ1) is 19.8. The maximum absolute atomic E-state index is 12.7. The lowest BCUT2D eigenvalue weighted by Gasteiger charge is -2.35. The Morgan fingerprint density at radius 2 is 1.68 bits per heavy atom. The first-order chi connectivity index (χ1) is 10.6. The summed E-state index contributed by atoms with van der Waals surface area (Å²) in [5.41, 5.74) is 0. The van der Waals surface area contributed by atoms with Gasteiger partial charge in [-0.15, -0.1) is 0 Å². The van der Waals surface area contributed by atoms with E-state index in [1.807, 2.05) is 0 Å². The van der Waals surface area contributed by atoms with Crippen molar-refractivity contribution in [3.63, 3.8) is 0 Å². The van der Waals surface area contributed by atoms with E-state index in [-0.39, 0.29) is 0 Å². The molecule has 0 aliphatic carbocycles. The Labute approximate surface area is 135 Å². The third-order valence-corrected chi connectivity index (χ3v) is 6.03. The van der Waals surface area contributed by atoms with E-state index in [2.05, 4.69) is 12.2 Å². The van der Waals surface area contributed by atoms with Crippen LogP contribution in [0.15, 0.2) is 0 Å². The van der Waals surface area contributed by atoms with Crippen LogP contribution in [0.1, 0.15) is 19.8 Å². The number of methoxy groups -OCH3 is 2. The molecule has 0 radical (unpaired) electrons. The monoisotopic (exact) mass is 337 g/mol. The van der Waals surface area contributed by atoms with Gasteiger partial charge in [0.2, 0.25) is 0 Å². The molecule has 8 heteroatoms. The summed E-state index contributed by atoms with van der Waals surface area (Å²) in [7, 11) is -0.273. The van der Waals surface area contributed by atoms with Crippen LogP contribution in [0.4, 0.5) is 0 Å². The second-order valence-electron chi connectivity index (χ2n) is 5.54. The Morgan fingerprint density at radius 3 is 2.14 bits per heavy atom. The summed E-state index contributed by atoms with van der Waals surface area (Å²) in [6.45, 7) is 6.70. The molecule has 0 unspecified atom stereocenters. The smallest absolute Gasteiger partial charge is 0.282 e. The molecule has 1 rings (SSSR count). The highest BCUT2D eigenvalue weighted by Crippen LogP contribution is 2.20. The molecule has 7 nitrogen and oxygen atoms in total. The van der Waals surface area contributed by atoms with Crippen molar-refractivity contribution in [3.8, 4) is 0 Å². The topological polar surface area (TPSA) is 71.1 Å². The molecule has 0 aromatic rings. The van der Waals surface area contributed by atoms with Gasteiger partial charge in [-0.05, 0) is 31.8 Å². The van der Waals surface area contributed by atoms with Gasteiger partial charge in [0.15, 0.2) is 0 Å². The molecule has 1 N–H and O–H groups in total. The number of ether oxygens (including phenoxy) is 2. The molecule has 0 aromatic carbocycles. The summed E-state index contributed by atoms with van der Waals surface area (Å²) in [5, 5.41) is 3.34. The SMILES string of the molecule is CCNCC1CCN(S(=O)(=O)N(CCOC)CCOC)CC1. The molecule has 0 spiro atoms. The van der Waals surface area contributed by atoms with Crippen molar-refractivity contribution < 1.29 is 17.9 Å². The zero-order chi connectivity index (χ0) is 16.4. The largest absolute Gasteiger partial charge is 0.383 e. The molecule has 0 bridgehead atoms. The van der Waals surface area contributed by atoms with Crippen LogP contribution in [-0.4, -0.2) is 83.7 Å². The Bertz CT molecular complexity index is 376. The van der Waals surface area contributed by atoms with Gasteiger partial charge in [-0.1, -0.05) is 6.92 Å². The minimum absolute atomic E-state index is 0.361. The minimum Gasteiger partial charge on any atom is -0.383 e. The second-order valence-corrected chi connectivity index (χ2v) is 7.47. The Morgan fingerprint density at radius 1 is 1.14 bits per heavy atom. The van der Waals surface area contributed by atoms with Gasteiger partial charge in [0.05, 0.1) is 13.2 Å². The van der Waals surface area contributed by atoms with Gasteiger partial charge < -0.3 is 14.8 Å². The number of rotatable bonds is 11. The highest BCUT2D eigenvalue weighted by Gasteiger charge is 2.32. The van der Waals surface area contributed by atoms with Gasteiger partial charge in [-0.2, -0.15) is 17.0 Å². The third-order valence-electron chi connectivity index (χ3n) is 4.00. The van der Waals surface area contributed by atoms with Gasteiger partial charge in [0.25, 0.3) is 10.2 Å². The minimum atomic E-state index is -3.43. The van der Waals surface area contributed by atoms with E-state index >= 15 is 0 Å². The van der Waals surface area contributed by atoms with Crippen molar-refractivity contribution in [2.75, 3.05) is 66.7 Å². The van der Waals surface area contributed by atoms with Crippen molar-refractivity contribution in [3.05, 3.63) is 0 Å². The fourth-order valence-corrected chi connectivity index (χ4v) is 4.19. The fraction of sp³-hybridized carbons (Fsp3) is 1.00. The van der Waals surface area contributed by atoms with E-state index in [0.29, 0.717) is 45.3 Å². The van der Waals surface area contributed by atoms with Gasteiger partial charge in [0, 0.05) is 40.4 Å². The predicted molar refractivity (Wildman–Crippen MR) is 87.1 cm³/mol. The normalized spacial score (nSPS) is 18.2. The van der Waals surface area contributed by atoms with Gasteiger partial charge in [-0.25, -0.2) is 0 Å². The van der Waals surface area contributed by atoms with Crippen LogP contribution in [-0.2, 0) is 19.7 Å². The van der Waals surface area contributed by atoms with Crippen LogP contribution in [0.5, 0.6) is 0 Å². The fourth-order valence-electron chi connectivity index (χ4n) is 2.58. The van der Waals surface area contributed by atoms with E-state index in [4.69, 9.17) is 9.47 Å². The molecule has 0 saturated carbocycles. The quantitative estimate of drug-likeness (QED) is 0.581. The summed E-state index contributed by atoms with van der Waals surface area (Å²) in [6, 6.07) is 0. The van der Waals surface area contributed by atoms with Crippen molar-refractivity contribution in [2.45, 2.75) is 19.8 Å².